The number of aromatic nitrogens is 1. The van der Waals surface area contributed by atoms with E-state index in [-0.39, 0.29) is 7.43 Å². The van der Waals surface area contributed by atoms with Crippen LogP contribution in [0.3, 0.4) is 0 Å². The van der Waals surface area contributed by atoms with Gasteiger partial charge in [-0.15, -0.1) is 0 Å². The van der Waals surface area contributed by atoms with Crippen LogP contribution in [0, 0.1) is 11.8 Å². The number of rotatable bonds is 8. The number of benzene rings is 5. The molecule has 2 saturated heterocycles. The summed E-state index contributed by atoms with van der Waals surface area (Å²) in [4.78, 5) is 9.39. The minimum Gasteiger partial charge on any atom is -0.372 e. The number of piperazine rings is 1. The highest BCUT2D eigenvalue weighted by Gasteiger charge is 2.12. The Morgan fingerprint density at radius 1 is 0.492 bits per heavy atom. The third-order valence-corrected chi connectivity index (χ3v) is 11.2. The predicted molar refractivity (Wildman–Crippen MR) is 262 cm³/mol. The normalized spacial score (nSPS) is 14.0. The molecule has 0 atom stereocenters. The van der Waals surface area contributed by atoms with Gasteiger partial charge in [0.2, 0.25) is 0 Å². The van der Waals surface area contributed by atoms with Crippen molar-refractivity contribution in [1.82, 2.24) is 10.3 Å². The van der Waals surface area contributed by atoms with Gasteiger partial charge in [-0.05, 0) is 119 Å². The van der Waals surface area contributed by atoms with Crippen LogP contribution in [0.15, 0.2) is 128 Å². The molecule has 4 heteroatoms. The van der Waals surface area contributed by atoms with Gasteiger partial charge in [-0.25, -0.2) is 0 Å². The molecule has 0 spiro atoms. The molecule has 2 aliphatic heterocycles. The van der Waals surface area contributed by atoms with Crippen LogP contribution in [-0.2, 0) is 12.8 Å². The lowest BCUT2D eigenvalue weighted by molar-refractivity contribution is 0.578. The van der Waals surface area contributed by atoms with E-state index in [1.54, 1.807) is 0 Å². The Balaban J connectivity index is 0.000000173. The predicted octanol–water partition coefficient (Wildman–Crippen LogP) is 14.1. The van der Waals surface area contributed by atoms with Crippen LogP contribution in [0.2, 0.25) is 0 Å². The van der Waals surface area contributed by atoms with E-state index in [0.29, 0.717) is 17.8 Å². The van der Waals surface area contributed by atoms with Crippen molar-refractivity contribution in [2.24, 2.45) is 11.8 Å². The number of piperidine rings is 1. The third-order valence-electron chi connectivity index (χ3n) is 11.2. The molecule has 3 heterocycles. The van der Waals surface area contributed by atoms with Crippen LogP contribution in [0.5, 0.6) is 0 Å². The van der Waals surface area contributed by atoms with Crippen molar-refractivity contribution < 1.29 is 0 Å². The van der Waals surface area contributed by atoms with Gasteiger partial charge in [0.1, 0.15) is 0 Å². The van der Waals surface area contributed by atoms with Gasteiger partial charge in [0.15, 0.2) is 0 Å². The second-order valence-corrected chi connectivity index (χ2v) is 17.6. The molecule has 0 saturated carbocycles. The van der Waals surface area contributed by atoms with Crippen LogP contribution >= 0.6 is 0 Å². The summed E-state index contributed by atoms with van der Waals surface area (Å²) in [5.41, 5.74) is 9.62. The lowest BCUT2D eigenvalue weighted by Gasteiger charge is -2.29. The largest absolute Gasteiger partial charge is 0.372 e. The fraction of sp³-hybridized carbons (Fsp3) is 0.436. The zero-order valence-electron chi connectivity index (χ0n) is 37.1. The molecule has 5 aromatic carbocycles. The van der Waals surface area contributed by atoms with Crippen molar-refractivity contribution in [3.05, 3.63) is 150 Å². The van der Waals surface area contributed by atoms with Gasteiger partial charge in [0, 0.05) is 62.2 Å². The Kier molecular flexibility index (Phi) is 19.5. The van der Waals surface area contributed by atoms with Crippen LogP contribution in [0.25, 0.3) is 21.7 Å². The van der Waals surface area contributed by atoms with Crippen molar-refractivity contribution >= 4 is 33.1 Å². The van der Waals surface area contributed by atoms with Crippen molar-refractivity contribution in [3.8, 4) is 0 Å². The maximum atomic E-state index is 4.43. The summed E-state index contributed by atoms with van der Waals surface area (Å²) in [5, 5.41) is 7.37. The molecule has 0 radical (unpaired) electrons. The second-order valence-electron chi connectivity index (χ2n) is 17.6. The Morgan fingerprint density at radius 2 is 0.966 bits per heavy atom. The number of anilines is 2. The van der Waals surface area contributed by atoms with E-state index in [9.17, 15) is 0 Å². The summed E-state index contributed by atoms with van der Waals surface area (Å²) in [5.74, 6) is 2.67. The number of pyridine rings is 1. The van der Waals surface area contributed by atoms with Crippen LogP contribution in [0.4, 0.5) is 11.4 Å². The van der Waals surface area contributed by atoms with E-state index in [1.807, 2.05) is 12.3 Å². The molecule has 0 amide bonds. The van der Waals surface area contributed by atoms with Gasteiger partial charge >= 0.3 is 0 Å². The second kappa shape index (κ2) is 24.4. The molecule has 8 rings (SSSR count). The molecule has 0 bridgehead atoms. The quantitative estimate of drug-likeness (QED) is 0.166. The Hall–Kier alpha value is -4.67. The minimum atomic E-state index is 0. The summed E-state index contributed by atoms with van der Waals surface area (Å²) in [7, 11) is 0. The first-order chi connectivity index (χ1) is 28.1. The molecular formula is C55H76N4. The number of nitrogens with one attached hydrogen (secondary N) is 1. The molecule has 59 heavy (non-hydrogen) atoms. The number of hydrogen-bond donors (Lipinski definition) is 1. The first-order valence-corrected chi connectivity index (χ1v) is 22.3. The van der Waals surface area contributed by atoms with Crippen LogP contribution < -0.4 is 15.1 Å². The number of fused-ring (bicyclic) bond motifs is 2. The molecular weight excluding hydrogens is 717 g/mol. The van der Waals surface area contributed by atoms with Crippen molar-refractivity contribution in [2.45, 2.75) is 107 Å². The van der Waals surface area contributed by atoms with Gasteiger partial charge in [-0.2, -0.15) is 0 Å². The zero-order chi connectivity index (χ0) is 41.3. The van der Waals surface area contributed by atoms with E-state index < -0.39 is 0 Å². The van der Waals surface area contributed by atoms with Crippen LogP contribution in [0.1, 0.15) is 116 Å². The highest BCUT2D eigenvalue weighted by molar-refractivity contribution is 5.85. The van der Waals surface area contributed by atoms with E-state index >= 15 is 0 Å². The number of para-hydroxylation sites is 1. The van der Waals surface area contributed by atoms with Gasteiger partial charge in [0.25, 0.3) is 0 Å². The van der Waals surface area contributed by atoms with Crippen molar-refractivity contribution in [1.29, 1.82) is 0 Å². The van der Waals surface area contributed by atoms with Gasteiger partial charge in [-0.1, -0.05) is 154 Å². The molecule has 316 valence electrons. The number of nitrogens with zero attached hydrogens (tertiary/aromatic N) is 3. The smallest absolute Gasteiger partial charge is 0.0733 e. The zero-order valence-corrected chi connectivity index (χ0v) is 37.1. The summed E-state index contributed by atoms with van der Waals surface area (Å²) in [6.07, 6.45) is 8.25. The first-order valence-electron chi connectivity index (χ1n) is 22.3. The third kappa shape index (κ3) is 14.8. The lowest BCUT2D eigenvalue weighted by Crippen LogP contribution is -2.43. The lowest BCUT2D eigenvalue weighted by atomic mass is 9.97. The maximum Gasteiger partial charge on any atom is 0.0733 e. The van der Waals surface area contributed by atoms with E-state index in [0.717, 1.165) is 44.0 Å². The topological polar surface area (TPSA) is 31.4 Å². The fourth-order valence-corrected chi connectivity index (χ4v) is 7.90. The Labute approximate surface area is 359 Å². The maximum absolute atomic E-state index is 4.43. The SMILES string of the molecule is C.CC(C)Cc1cccc2ccccc12.CC(C)Cc1cccc2cccnc12.CC(C)c1ccc(N2CCCCC2)cc1.CC(C)c1ccc(N2CCNCC2)cc1. The Bertz CT molecular complexity index is 1890. The highest BCUT2D eigenvalue weighted by atomic mass is 15.2. The van der Waals surface area contributed by atoms with Crippen molar-refractivity contribution in [3.63, 3.8) is 0 Å². The van der Waals surface area contributed by atoms with E-state index in [4.69, 9.17) is 0 Å². The molecule has 2 aliphatic rings. The molecule has 1 aromatic heterocycles. The first kappa shape index (κ1) is 47.0. The summed E-state index contributed by atoms with van der Waals surface area (Å²) in [6, 6.07) is 43.8. The summed E-state index contributed by atoms with van der Waals surface area (Å²) in [6.45, 7) is 24.9. The monoisotopic (exact) mass is 793 g/mol. The molecule has 0 unspecified atom stereocenters. The molecule has 1 N–H and O–H groups in total. The van der Waals surface area contributed by atoms with Crippen LogP contribution in [-0.4, -0.2) is 44.3 Å². The minimum absolute atomic E-state index is 0. The van der Waals surface area contributed by atoms with Gasteiger partial charge in [0.05, 0.1) is 5.52 Å². The summed E-state index contributed by atoms with van der Waals surface area (Å²) < 4.78 is 0. The Morgan fingerprint density at radius 3 is 1.53 bits per heavy atom. The standard InChI is InChI=1S/C14H21N.C14H16.C13H20N2.C13H15N.CH4/c1-12(2)13-6-8-14(9-7-13)15-10-4-3-5-11-15;1-11(2)10-13-8-5-7-12-6-3-4-9-14(12)13;1-11(2)12-3-5-13(6-4-12)15-9-7-14-8-10-15;1-10(2)9-12-6-3-5-11-7-4-8-14-13(11)12;/h6-9,12H,3-5,10-11H2,1-2H3;3-9,11H,10H2,1-2H3;3-6,11,14H,7-10H2,1-2H3;3-8,10H,9H2,1-2H3;1H4. The van der Waals surface area contributed by atoms with E-state index in [2.05, 4.69) is 191 Å². The average Bonchev–Trinajstić information content (AvgIpc) is 3.25. The molecule has 4 nitrogen and oxygen atoms in total. The van der Waals surface area contributed by atoms with E-state index in [1.165, 1.54) is 88.6 Å². The van der Waals surface area contributed by atoms with Gasteiger partial charge in [-0.3, -0.25) is 4.98 Å². The molecule has 0 aliphatic carbocycles. The van der Waals surface area contributed by atoms with Crippen molar-refractivity contribution in [2.75, 3.05) is 49.1 Å². The fourth-order valence-electron chi connectivity index (χ4n) is 7.90. The average molecular weight is 793 g/mol. The molecule has 2 fully saturated rings. The van der Waals surface area contributed by atoms with Gasteiger partial charge < -0.3 is 15.1 Å². The molecule has 6 aromatic rings. The summed E-state index contributed by atoms with van der Waals surface area (Å²) >= 11 is 0. The highest BCUT2D eigenvalue weighted by Crippen LogP contribution is 2.24. The number of hydrogen-bond acceptors (Lipinski definition) is 4.